The molecule has 2 aromatic rings. The summed E-state index contributed by atoms with van der Waals surface area (Å²) in [6.45, 7) is 3.74. The summed E-state index contributed by atoms with van der Waals surface area (Å²) in [5.74, 6) is -0.870. The molecule has 0 saturated carbocycles. The Morgan fingerprint density at radius 1 is 0.968 bits per heavy atom. The molecule has 31 heavy (non-hydrogen) atoms. The Labute approximate surface area is 181 Å². The SMILES string of the molecule is CN1CCC(N2C[C@@H]3Oc4cc(-c5ccc(F)cc5F)ccc4C(=O)N(C)[C@@H]3C2)CC1. The van der Waals surface area contributed by atoms with E-state index >= 15 is 0 Å². The van der Waals surface area contributed by atoms with Gasteiger partial charge in [0.15, 0.2) is 0 Å². The molecule has 5 rings (SSSR count). The first-order valence-electron chi connectivity index (χ1n) is 10.9. The molecule has 0 aliphatic carbocycles. The fraction of sp³-hybridized carbons (Fsp3) is 0.458. The van der Waals surface area contributed by atoms with Crippen molar-refractivity contribution in [3.8, 4) is 16.9 Å². The van der Waals surface area contributed by atoms with Gasteiger partial charge in [-0.15, -0.1) is 0 Å². The minimum atomic E-state index is -0.635. The van der Waals surface area contributed by atoms with Gasteiger partial charge in [-0.2, -0.15) is 0 Å². The van der Waals surface area contributed by atoms with E-state index in [4.69, 9.17) is 4.74 Å². The number of hydrogen-bond donors (Lipinski definition) is 0. The molecule has 2 atom stereocenters. The van der Waals surface area contributed by atoms with Crippen molar-refractivity contribution in [3.63, 3.8) is 0 Å². The molecule has 3 aliphatic heterocycles. The summed E-state index contributed by atoms with van der Waals surface area (Å²) in [5.41, 5.74) is 1.33. The zero-order chi connectivity index (χ0) is 21.7. The second-order valence-corrected chi connectivity index (χ2v) is 8.96. The van der Waals surface area contributed by atoms with Crippen LogP contribution in [0.1, 0.15) is 23.2 Å². The topological polar surface area (TPSA) is 36.0 Å². The lowest BCUT2D eigenvalue weighted by atomic mass is 10.0. The lowest BCUT2D eigenvalue weighted by molar-refractivity contribution is 0.0679. The number of nitrogens with zero attached hydrogens (tertiary/aromatic N) is 3. The number of ether oxygens (including phenoxy) is 1. The number of likely N-dealkylation sites (N-methyl/N-ethyl adjacent to an activating group) is 1. The van der Waals surface area contributed by atoms with Crippen molar-refractivity contribution in [1.29, 1.82) is 0 Å². The van der Waals surface area contributed by atoms with Gasteiger partial charge in [0.1, 0.15) is 23.5 Å². The number of carbonyl (C=O) groups is 1. The van der Waals surface area contributed by atoms with Crippen LogP contribution in [0.25, 0.3) is 11.1 Å². The molecule has 5 nitrogen and oxygen atoms in total. The summed E-state index contributed by atoms with van der Waals surface area (Å²) < 4.78 is 34.0. The number of piperidine rings is 1. The number of carbonyl (C=O) groups excluding carboxylic acids is 1. The molecule has 3 aliphatic rings. The lowest BCUT2D eigenvalue weighted by Crippen LogP contribution is -2.45. The van der Waals surface area contributed by atoms with Gasteiger partial charge in [-0.05, 0) is 62.8 Å². The maximum Gasteiger partial charge on any atom is 0.257 e. The molecule has 3 heterocycles. The van der Waals surface area contributed by atoms with Crippen LogP contribution < -0.4 is 4.74 Å². The minimum Gasteiger partial charge on any atom is -0.486 e. The summed E-state index contributed by atoms with van der Waals surface area (Å²) in [6, 6.07) is 9.08. The van der Waals surface area contributed by atoms with Crippen molar-refractivity contribution in [2.45, 2.75) is 31.0 Å². The number of likely N-dealkylation sites (tertiary alicyclic amines) is 2. The quantitative estimate of drug-likeness (QED) is 0.737. The molecule has 0 bridgehead atoms. The van der Waals surface area contributed by atoms with E-state index in [1.165, 1.54) is 12.1 Å². The van der Waals surface area contributed by atoms with Crippen molar-refractivity contribution in [2.75, 3.05) is 40.3 Å². The highest BCUT2D eigenvalue weighted by molar-refractivity contribution is 5.98. The molecule has 0 N–H and O–H groups in total. The Bertz CT molecular complexity index is 1010. The van der Waals surface area contributed by atoms with E-state index in [2.05, 4.69) is 16.8 Å². The second-order valence-electron chi connectivity index (χ2n) is 8.96. The predicted octanol–water partition coefficient (Wildman–Crippen LogP) is 3.24. The van der Waals surface area contributed by atoms with E-state index in [1.54, 1.807) is 23.1 Å². The largest absolute Gasteiger partial charge is 0.486 e. The zero-order valence-electron chi connectivity index (χ0n) is 17.9. The number of rotatable bonds is 2. The van der Waals surface area contributed by atoms with E-state index in [0.717, 1.165) is 45.1 Å². The van der Waals surface area contributed by atoms with Gasteiger partial charge in [-0.1, -0.05) is 6.07 Å². The van der Waals surface area contributed by atoms with Crippen LogP contribution in [0.15, 0.2) is 36.4 Å². The second kappa shape index (κ2) is 7.88. The molecule has 0 unspecified atom stereocenters. The third kappa shape index (κ3) is 3.70. The van der Waals surface area contributed by atoms with Crippen molar-refractivity contribution in [1.82, 2.24) is 14.7 Å². The first kappa shape index (κ1) is 20.4. The van der Waals surface area contributed by atoms with Crippen molar-refractivity contribution in [3.05, 3.63) is 53.6 Å². The first-order chi connectivity index (χ1) is 14.9. The molecular weight excluding hydrogens is 400 g/mol. The van der Waals surface area contributed by atoms with Gasteiger partial charge in [0.25, 0.3) is 5.91 Å². The summed E-state index contributed by atoms with van der Waals surface area (Å²) in [6.07, 6.45) is 2.11. The Balaban J connectivity index is 1.43. The summed E-state index contributed by atoms with van der Waals surface area (Å²) in [5, 5.41) is 0. The maximum absolute atomic E-state index is 14.3. The third-order valence-electron chi connectivity index (χ3n) is 7.02. The van der Waals surface area contributed by atoms with E-state index in [9.17, 15) is 13.6 Å². The predicted molar refractivity (Wildman–Crippen MR) is 114 cm³/mol. The van der Waals surface area contributed by atoms with E-state index < -0.39 is 11.6 Å². The van der Waals surface area contributed by atoms with Gasteiger partial charge in [0.2, 0.25) is 0 Å². The number of halogens is 2. The average molecular weight is 427 g/mol. The van der Waals surface area contributed by atoms with Gasteiger partial charge in [-0.25, -0.2) is 8.78 Å². The Morgan fingerprint density at radius 2 is 1.71 bits per heavy atom. The van der Waals surface area contributed by atoms with Gasteiger partial charge in [0.05, 0.1) is 11.6 Å². The van der Waals surface area contributed by atoms with Crippen molar-refractivity contribution >= 4 is 5.91 Å². The first-order valence-corrected chi connectivity index (χ1v) is 10.9. The van der Waals surface area contributed by atoms with E-state index in [-0.39, 0.29) is 23.6 Å². The van der Waals surface area contributed by atoms with Crippen LogP contribution in [0.5, 0.6) is 5.75 Å². The highest BCUT2D eigenvalue weighted by Crippen LogP contribution is 2.36. The summed E-state index contributed by atoms with van der Waals surface area (Å²) in [7, 11) is 3.99. The van der Waals surface area contributed by atoms with Gasteiger partial charge in [-0.3, -0.25) is 9.69 Å². The van der Waals surface area contributed by atoms with Crippen LogP contribution in [0.4, 0.5) is 8.78 Å². The Morgan fingerprint density at radius 3 is 2.45 bits per heavy atom. The average Bonchev–Trinajstić information content (AvgIpc) is 3.13. The minimum absolute atomic E-state index is 0.0226. The van der Waals surface area contributed by atoms with Crippen LogP contribution in [0, 0.1) is 11.6 Å². The van der Waals surface area contributed by atoms with Crippen LogP contribution in [0.3, 0.4) is 0 Å². The lowest BCUT2D eigenvalue weighted by Gasteiger charge is -2.35. The molecule has 1 amide bonds. The maximum atomic E-state index is 14.3. The Hall–Kier alpha value is -2.51. The number of benzene rings is 2. The van der Waals surface area contributed by atoms with Gasteiger partial charge < -0.3 is 14.5 Å². The van der Waals surface area contributed by atoms with Crippen molar-refractivity contribution in [2.24, 2.45) is 0 Å². The molecule has 164 valence electrons. The fourth-order valence-corrected chi connectivity index (χ4v) is 5.12. The molecule has 7 heteroatoms. The van der Waals surface area contributed by atoms with E-state index in [0.29, 0.717) is 22.9 Å². The van der Waals surface area contributed by atoms with Gasteiger partial charge in [0, 0.05) is 37.8 Å². The molecule has 2 aromatic carbocycles. The monoisotopic (exact) mass is 427 g/mol. The standard InChI is InChI=1S/C24H27F2N3O2/c1-27-9-7-17(8-10-27)29-13-21-23(14-29)31-22-11-15(3-5-19(22)24(30)28(21)2)18-6-4-16(25)12-20(18)26/h3-6,11-12,17,21,23H,7-10,13-14H2,1-2H3/t21-,23+/m1/s1. The third-order valence-corrected chi connectivity index (χ3v) is 7.02. The molecule has 0 spiro atoms. The van der Waals surface area contributed by atoms with Crippen LogP contribution >= 0.6 is 0 Å². The number of amides is 1. The summed E-state index contributed by atoms with van der Waals surface area (Å²) >= 11 is 0. The van der Waals surface area contributed by atoms with Gasteiger partial charge >= 0.3 is 0 Å². The number of fused-ring (bicyclic) bond motifs is 2. The zero-order valence-corrected chi connectivity index (χ0v) is 17.9. The smallest absolute Gasteiger partial charge is 0.257 e. The molecule has 2 fully saturated rings. The molecule has 2 saturated heterocycles. The molecule has 0 aromatic heterocycles. The highest BCUT2D eigenvalue weighted by atomic mass is 19.1. The normalized spacial score (nSPS) is 25.2. The van der Waals surface area contributed by atoms with Crippen LogP contribution in [-0.4, -0.2) is 79.1 Å². The van der Waals surface area contributed by atoms with Crippen LogP contribution in [-0.2, 0) is 0 Å². The van der Waals surface area contributed by atoms with Crippen LogP contribution in [0.2, 0.25) is 0 Å². The van der Waals surface area contributed by atoms with Crippen molar-refractivity contribution < 1.29 is 18.3 Å². The molecular formula is C24H27F2N3O2. The van der Waals surface area contributed by atoms with E-state index in [1.807, 2.05) is 7.05 Å². The number of hydrogen-bond acceptors (Lipinski definition) is 4. The fourth-order valence-electron chi connectivity index (χ4n) is 5.12. The summed E-state index contributed by atoms with van der Waals surface area (Å²) in [4.78, 5) is 19.8. The highest BCUT2D eigenvalue weighted by Gasteiger charge is 2.44. The Kier molecular flexibility index (Phi) is 5.18. The molecule has 0 radical (unpaired) electrons.